The lowest BCUT2D eigenvalue weighted by atomic mass is 9.96. The molecule has 0 saturated carbocycles. The summed E-state index contributed by atoms with van der Waals surface area (Å²) in [5.74, 6) is 0.810. The Morgan fingerprint density at radius 1 is 1.12 bits per heavy atom. The summed E-state index contributed by atoms with van der Waals surface area (Å²) >= 11 is 6.74. The Labute approximate surface area is 244 Å². The predicted molar refractivity (Wildman–Crippen MR) is 156 cm³/mol. The van der Waals surface area contributed by atoms with E-state index in [0.717, 1.165) is 47.1 Å². The van der Waals surface area contributed by atoms with Gasteiger partial charge in [-0.15, -0.1) is 0 Å². The van der Waals surface area contributed by atoms with E-state index in [2.05, 4.69) is 16.4 Å². The molecule has 0 bridgehead atoms. The maximum atomic E-state index is 14.6. The highest BCUT2D eigenvalue weighted by molar-refractivity contribution is 6.32. The van der Waals surface area contributed by atoms with Crippen molar-refractivity contribution in [3.63, 3.8) is 0 Å². The van der Waals surface area contributed by atoms with E-state index < -0.39 is 0 Å². The molecule has 4 aromatic rings. The topological polar surface area (TPSA) is 87.4 Å². The third kappa shape index (κ3) is 6.52. The van der Waals surface area contributed by atoms with Gasteiger partial charge in [0.15, 0.2) is 0 Å². The third-order valence-corrected chi connectivity index (χ3v) is 7.67. The van der Waals surface area contributed by atoms with Crippen LogP contribution in [0, 0.1) is 17.1 Å². The normalized spacial score (nSPS) is 14.8. The summed E-state index contributed by atoms with van der Waals surface area (Å²) in [5, 5.41) is 22.6. The molecule has 3 aromatic carbocycles. The van der Waals surface area contributed by atoms with Gasteiger partial charge in [0.1, 0.15) is 36.1 Å². The molecule has 210 valence electrons. The molecule has 0 fully saturated rings. The van der Waals surface area contributed by atoms with Crippen LogP contribution in [0.5, 0.6) is 11.5 Å². The molecule has 0 radical (unpaired) electrons. The fraction of sp³-hybridized carbons (Fsp3) is 0.273. The fourth-order valence-corrected chi connectivity index (χ4v) is 5.37. The molecule has 2 atom stereocenters. The van der Waals surface area contributed by atoms with Crippen molar-refractivity contribution >= 4 is 11.6 Å². The number of hydrogen-bond donors (Lipinski definition) is 2. The van der Waals surface area contributed by atoms with E-state index in [1.54, 1.807) is 30.5 Å². The Bertz CT molecular complexity index is 1570. The standard InChI is InChI=1S/C33H31ClFN3O3/c1-2-24(19-39)38-18-23-13-29(34)33(14-32(23)40-20-22-12-21(15-36)16-37-17-22)41-31-11-10-26-25(7-5-8-28(26)31)27-6-3-4-9-30(27)35/h3-9,12-14,16-17,24,31,38-39H,2,10-11,18-20H2,1H3/t24?,31-/m0/s1. The van der Waals surface area contributed by atoms with Gasteiger partial charge in [-0.3, -0.25) is 4.98 Å². The summed E-state index contributed by atoms with van der Waals surface area (Å²) in [6, 6.07) is 20.1. The first kappa shape index (κ1) is 28.6. The molecule has 41 heavy (non-hydrogen) atoms. The number of halogens is 2. The van der Waals surface area contributed by atoms with Crippen LogP contribution in [0.1, 0.15) is 53.7 Å². The number of nitrogens with zero attached hydrogens (tertiary/aromatic N) is 2. The fourth-order valence-electron chi connectivity index (χ4n) is 5.14. The summed E-state index contributed by atoms with van der Waals surface area (Å²) < 4.78 is 27.3. The minimum atomic E-state index is -0.249. The SMILES string of the molecule is CCC(CO)NCc1cc(Cl)c(O[C@H]2CCc3c(-c4ccccc4F)cccc32)cc1OCc1cncc(C#N)c1. The summed E-state index contributed by atoms with van der Waals surface area (Å²) in [6.07, 6.45) is 5.18. The Morgan fingerprint density at radius 3 is 2.73 bits per heavy atom. The first-order valence-electron chi connectivity index (χ1n) is 13.7. The van der Waals surface area contributed by atoms with Gasteiger partial charge in [-0.2, -0.15) is 5.26 Å². The largest absolute Gasteiger partial charge is 0.488 e. The number of rotatable bonds is 11. The van der Waals surface area contributed by atoms with Crippen molar-refractivity contribution in [2.75, 3.05) is 6.61 Å². The van der Waals surface area contributed by atoms with E-state index in [1.165, 1.54) is 12.3 Å². The Morgan fingerprint density at radius 2 is 1.95 bits per heavy atom. The molecule has 1 aliphatic carbocycles. The molecule has 0 amide bonds. The number of benzene rings is 3. The summed E-state index contributed by atoms with van der Waals surface area (Å²) in [5.41, 5.74) is 5.58. The van der Waals surface area contributed by atoms with Crippen LogP contribution >= 0.6 is 11.6 Å². The van der Waals surface area contributed by atoms with E-state index in [0.29, 0.717) is 34.2 Å². The zero-order valence-electron chi connectivity index (χ0n) is 22.7. The number of hydrogen-bond acceptors (Lipinski definition) is 6. The minimum Gasteiger partial charge on any atom is -0.488 e. The van der Waals surface area contributed by atoms with E-state index in [-0.39, 0.29) is 31.2 Å². The van der Waals surface area contributed by atoms with Crippen molar-refractivity contribution in [1.29, 1.82) is 5.26 Å². The number of nitrogens with one attached hydrogen (secondary N) is 1. The zero-order valence-corrected chi connectivity index (χ0v) is 23.5. The number of fused-ring (bicyclic) bond motifs is 1. The number of pyridine rings is 1. The maximum absolute atomic E-state index is 14.6. The van der Waals surface area contributed by atoms with E-state index in [9.17, 15) is 14.8 Å². The van der Waals surface area contributed by atoms with E-state index >= 15 is 0 Å². The lowest BCUT2D eigenvalue weighted by molar-refractivity contribution is 0.205. The average Bonchev–Trinajstić information content (AvgIpc) is 3.41. The van der Waals surface area contributed by atoms with Crippen molar-refractivity contribution in [2.24, 2.45) is 0 Å². The van der Waals surface area contributed by atoms with Gasteiger partial charge >= 0.3 is 0 Å². The Kier molecular flexibility index (Phi) is 9.15. The van der Waals surface area contributed by atoms with Gasteiger partial charge in [0.05, 0.1) is 17.2 Å². The highest BCUT2D eigenvalue weighted by Crippen LogP contribution is 2.43. The van der Waals surface area contributed by atoms with Gasteiger partial charge < -0.3 is 19.9 Å². The van der Waals surface area contributed by atoms with Crippen LogP contribution in [-0.2, 0) is 19.6 Å². The molecule has 1 aromatic heterocycles. The van der Waals surface area contributed by atoms with Crippen molar-refractivity contribution in [3.8, 4) is 28.7 Å². The highest BCUT2D eigenvalue weighted by atomic mass is 35.5. The summed E-state index contributed by atoms with van der Waals surface area (Å²) in [4.78, 5) is 4.12. The number of nitriles is 1. The summed E-state index contributed by atoms with van der Waals surface area (Å²) in [6.45, 7) is 2.65. The number of aliphatic hydroxyl groups is 1. The first-order chi connectivity index (χ1) is 20.0. The molecule has 8 heteroatoms. The molecule has 2 N–H and O–H groups in total. The van der Waals surface area contributed by atoms with Gasteiger partial charge in [0, 0.05) is 47.7 Å². The van der Waals surface area contributed by atoms with Gasteiger partial charge in [-0.1, -0.05) is 54.9 Å². The number of ether oxygens (including phenoxy) is 2. The minimum absolute atomic E-state index is 0.0181. The second kappa shape index (κ2) is 13.1. The first-order valence-corrected chi connectivity index (χ1v) is 14.0. The highest BCUT2D eigenvalue weighted by Gasteiger charge is 2.28. The molecule has 1 aliphatic rings. The molecule has 0 aliphatic heterocycles. The molecule has 0 saturated heterocycles. The van der Waals surface area contributed by atoms with Gasteiger partial charge in [-0.25, -0.2) is 4.39 Å². The predicted octanol–water partition coefficient (Wildman–Crippen LogP) is 6.92. The Balaban J connectivity index is 1.42. The Hall–Kier alpha value is -3.96. The monoisotopic (exact) mass is 571 g/mol. The van der Waals surface area contributed by atoms with Gasteiger partial charge in [0.25, 0.3) is 0 Å². The van der Waals surface area contributed by atoms with Crippen LogP contribution in [0.3, 0.4) is 0 Å². The van der Waals surface area contributed by atoms with E-state index in [4.69, 9.17) is 21.1 Å². The van der Waals surface area contributed by atoms with Gasteiger partial charge in [0.2, 0.25) is 0 Å². The van der Waals surface area contributed by atoms with Gasteiger partial charge in [-0.05, 0) is 54.2 Å². The number of aliphatic hydroxyl groups excluding tert-OH is 1. The zero-order chi connectivity index (χ0) is 28.8. The average molecular weight is 572 g/mol. The molecule has 1 unspecified atom stereocenters. The van der Waals surface area contributed by atoms with Crippen LogP contribution in [0.15, 0.2) is 73.1 Å². The summed E-state index contributed by atoms with van der Waals surface area (Å²) in [7, 11) is 0. The van der Waals surface area contributed by atoms with Crippen molar-refractivity contribution < 1.29 is 19.0 Å². The van der Waals surface area contributed by atoms with Crippen LogP contribution in [0.4, 0.5) is 4.39 Å². The van der Waals surface area contributed by atoms with Crippen molar-refractivity contribution in [3.05, 3.63) is 112 Å². The van der Waals surface area contributed by atoms with Crippen LogP contribution in [0.25, 0.3) is 11.1 Å². The van der Waals surface area contributed by atoms with E-state index in [1.807, 2.05) is 37.3 Å². The quantitative estimate of drug-likeness (QED) is 0.203. The second-order valence-electron chi connectivity index (χ2n) is 10.0. The lowest BCUT2D eigenvalue weighted by Gasteiger charge is -2.21. The number of aromatic nitrogens is 1. The third-order valence-electron chi connectivity index (χ3n) is 7.38. The molecule has 0 spiro atoms. The molecular formula is C33H31ClFN3O3. The van der Waals surface area contributed by atoms with Crippen LogP contribution in [-0.4, -0.2) is 22.7 Å². The lowest BCUT2D eigenvalue weighted by Crippen LogP contribution is -2.31. The van der Waals surface area contributed by atoms with Crippen molar-refractivity contribution in [2.45, 2.75) is 51.5 Å². The molecular weight excluding hydrogens is 541 g/mol. The van der Waals surface area contributed by atoms with Crippen LogP contribution in [0.2, 0.25) is 5.02 Å². The van der Waals surface area contributed by atoms with Crippen LogP contribution < -0.4 is 14.8 Å². The smallest absolute Gasteiger partial charge is 0.142 e. The molecule has 6 nitrogen and oxygen atoms in total. The van der Waals surface area contributed by atoms with Crippen molar-refractivity contribution in [1.82, 2.24) is 10.3 Å². The molecule has 1 heterocycles. The maximum Gasteiger partial charge on any atom is 0.142 e. The second-order valence-corrected chi connectivity index (χ2v) is 10.4. The molecule has 5 rings (SSSR count).